The van der Waals surface area contributed by atoms with Crippen molar-refractivity contribution in [2.45, 2.75) is 83.5 Å². The summed E-state index contributed by atoms with van der Waals surface area (Å²) in [5.74, 6) is -5.89. The van der Waals surface area contributed by atoms with Crippen molar-refractivity contribution in [2.75, 3.05) is 6.61 Å². The van der Waals surface area contributed by atoms with Crippen molar-refractivity contribution in [1.82, 2.24) is 0 Å². The lowest BCUT2D eigenvalue weighted by molar-refractivity contribution is -0.218. The van der Waals surface area contributed by atoms with E-state index in [1.54, 1.807) is 0 Å². The third-order valence-corrected chi connectivity index (χ3v) is 3.98. The van der Waals surface area contributed by atoms with Gasteiger partial charge in [-0.1, -0.05) is 52.4 Å². The molecule has 0 aliphatic carbocycles. The topological polar surface area (TPSA) is 124 Å². The SMILES string of the molecule is CCCCCCC(C(=O)OC(=O)C(O)CO)C(O)(O)CCCCC. The molecule has 0 rings (SSSR count). The van der Waals surface area contributed by atoms with Gasteiger partial charge in [-0.05, 0) is 12.8 Å². The number of carbonyl (C=O) groups is 2. The molecule has 0 saturated carbocycles. The molecule has 0 aromatic carbocycles. The molecule has 0 aliphatic rings. The summed E-state index contributed by atoms with van der Waals surface area (Å²) in [5.41, 5.74) is 0. The normalized spacial score (nSPS) is 14.2. The number of rotatable bonds is 13. The number of esters is 2. The van der Waals surface area contributed by atoms with E-state index >= 15 is 0 Å². The van der Waals surface area contributed by atoms with Crippen molar-refractivity contribution in [1.29, 1.82) is 0 Å². The van der Waals surface area contributed by atoms with E-state index in [4.69, 9.17) is 5.11 Å². The zero-order valence-electron chi connectivity index (χ0n) is 14.7. The van der Waals surface area contributed by atoms with Crippen molar-refractivity contribution < 1.29 is 34.8 Å². The Hall–Kier alpha value is -1.02. The van der Waals surface area contributed by atoms with E-state index in [2.05, 4.69) is 4.74 Å². The second kappa shape index (κ2) is 12.4. The lowest BCUT2D eigenvalue weighted by Gasteiger charge is -2.29. The number of hydrogen-bond acceptors (Lipinski definition) is 7. The average molecular weight is 348 g/mol. The maximum atomic E-state index is 12.2. The molecule has 24 heavy (non-hydrogen) atoms. The third kappa shape index (κ3) is 8.73. The lowest BCUT2D eigenvalue weighted by Crippen LogP contribution is -2.44. The first-order valence-corrected chi connectivity index (χ1v) is 8.79. The average Bonchev–Trinajstić information content (AvgIpc) is 2.53. The van der Waals surface area contributed by atoms with Crippen molar-refractivity contribution in [3.63, 3.8) is 0 Å². The number of hydrogen-bond donors (Lipinski definition) is 4. The van der Waals surface area contributed by atoms with Gasteiger partial charge in [-0.25, -0.2) is 4.79 Å². The molecule has 7 nitrogen and oxygen atoms in total. The van der Waals surface area contributed by atoms with E-state index in [1.165, 1.54) is 0 Å². The first-order valence-electron chi connectivity index (χ1n) is 8.79. The van der Waals surface area contributed by atoms with Gasteiger partial charge in [0.05, 0.1) is 6.61 Å². The fourth-order valence-corrected chi connectivity index (χ4v) is 2.44. The summed E-state index contributed by atoms with van der Waals surface area (Å²) in [4.78, 5) is 23.6. The molecule has 2 atom stereocenters. The van der Waals surface area contributed by atoms with Gasteiger partial charge < -0.3 is 25.2 Å². The van der Waals surface area contributed by atoms with Crippen LogP contribution in [0.5, 0.6) is 0 Å². The molecular weight excluding hydrogens is 316 g/mol. The zero-order chi connectivity index (χ0) is 18.6. The Morgan fingerprint density at radius 1 is 0.958 bits per heavy atom. The van der Waals surface area contributed by atoms with Crippen LogP contribution in [0.25, 0.3) is 0 Å². The third-order valence-electron chi connectivity index (χ3n) is 3.98. The van der Waals surface area contributed by atoms with E-state index in [1.807, 2.05) is 13.8 Å². The van der Waals surface area contributed by atoms with Crippen LogP contribution in [-0.4, -0.2) is 50.9 Å². The van der Waals surface area contributed by atoms with Gasteiger partial charge in [0.15, 0.2) is 11.9 Å². The Labute approximate surface area is 143 Å². The molecule has 0 saturated heterocycles. The summed E-state index contributed by atoms with van der Waals surface area (Å²) in [7, 11) is 0. The van der Waals surface area contributed by atoms with Crippen LogP contribution in [0.4, 0.5) is 0 Å². The van der Waals surface area contributed by atoms with Crippen molar-refractivity contribution in [3.05, 3.63) is 0 Å². The molecule has 4 N–H and O–H groups in total. The molecule has 0 radical (unpaired) electrons. The molecule has 0 bridgehead atoms. The van der Waals surface area contributed by atoms with Gasteiger partial charge in [0.25, 0.3) is 0 Å². The molecule has 0 amide bonds. The van der Waals surface area contributed by atoms with Crippen molar-refractivity contribution in [2.24, 2.45) is 5.92 Å². The van der Waals surface area contributed by atoms with Crippen LogP contribution in [0.1, 0.15) is 71.6 Å². The molecule has 7 heteroatoms. The highest BCUT2D eigenvalue weighted by Crippen LogP contribution is 2.28. The van der Waals surface area contributed by atoms with Crippen LogP contribution in [-0.2, 0) is 14.3 Å². The van der Waals surface area contributed by atoms with Gasteiger partial charge in [0.1, 0.15) is 5.92 Å². The predicted molar refractivity (Wildman–Crippen MR) is 87.8 cm³/mol. The monoisotopic (exact) mass is 348 g/mol. The quantitative estimate of drug-likeness (QED) is 0.171. The maximum Gasteiger partial charge on any atom is 0.345 e. The van der Waals surface area contributed by atoms with E-state index in [-0.39, 0.29) is 12.8 Å². The molecular formula is C17H32O7. The van der Waals surface area contributed by atoms with Crippen molar-refractivity contribution >= 4 is 11.9 Å². The molecule has 0 spiro atoms. The molecule has 0 aromatic rings. The van der Waals surface area contributed by atoms with Crippen LogP contribution in [0.2, 0.25) is 0 Å². The summed E-state index contributed by atoms with van der Waals surface area (Å²) in [6.45, 7) is 3.14. The Kier molecular flexibility index (Phi) is 11.8. The minimum atomic E-state index is -2.26. The summed E-state index contributed by atoms with van der Waals surface area (Å²) < 4.78 is 4.51. The van der Waals surface area contributed by atoms with Crippen LogP contribution < -0.4 is 0 Å². The van der Waals surface area contributed by atoms with Gasteiger partial charge >= 0.3 is 11.9 Å². The first-order chi connectivity index (χ1) is 11.3. The highest BCUT2D eigenvalue weighted by atomic mass is 16.6. The number of aliphatic hydroxyl groups excluding tert-OH is 2. The van der Waals surface area contributed by atoms with Gasteiger partial charge in [0.2, 0.25) is 0 Å². The second-order valence-electron chi connectivity index (χ2n) is 6.18. The maximum absolute atomic E-state index is 12.2. The molecule has 0 aliphatic heterocycles. The fourth-order valence-electron chi connectivity index (χ4n) is 2.44. The van der Waals surface area contributed by atoms with E-state index in [9.17, 15) is 24.9 Å². The zero-order valence-corrected chi connectivity index (χ0v) is 14.7. The van der Waals surface area contributed by atoms with Crippen LogP contribution in [0.15, 0.2) is 0 Å². The molecule has 2 unspecified atom stereocenters. The van der Waals surface area contributed by atoms with Crippen LogP contribution in [0, 0.1) is 5.92 Å². The second-order valence-corrected chi connectivity index (χ2v) is 6.18. The Morgan fingerprint density at radius 3 is 2.08 bits per heavy atom. The summed E-state index contributed by atoms with van der Waals surface area (Å²) in [6, 6.07) is 0. The van der Waals surface area contributed by atoms with E-state index < -0.39 is 36.4 Å². The summed E-state index contributed by atoms with van der Waals surface area (Å²) >= 11 is 0. The number of ether oxygens (including phenoxy) is 1. The highest BCUT2D eigenvalue weighted by Gasteiger charge is 2.41. The highest BCUT2D eigenvalue weighted by molar-refractivity contribution is 5.89. The standard InChI is InChI=1S/C17H32O7/c1-3-5-7-8-10-13(17(22,23)11-9-6-4-2)15(20)24-16(21)14(19)12-18/h13-14,18-19,22-23H,3-12H2,1-2H3. The smallest absolute Gasteiger partial charge is 0.345 e. The lowest BCUT2D eigenvalue weighted by atomic mass is 9.88. The van der Waals surface area contributed by atoms with E-state index in [0.29, 0.717) is 12.8 Å². The largest absolute Gasteiger partial charge is 0.393 e. The van der Waals surface area contributed by atoms with E-state index in [0.717, 1.165) is 32.1 Å². The minimum absolute atomic E-state index is 0.00509. The van der Waals surface area contributed by atoms with Crippen LogP contribution >= 0.6 is 0 Å². The molecule has 0 aromatic heterocycles. The Balaban J connectivity index is 4.88. The van der Waals surface area contributed by atoms with Crippen LogP contribution in [0.3, 0.4) is 0 Å². The fraction of sp³-hybridized carbons (Fsp3) is 0.882. The number of unbranched alkanes of at least 4 members (excludes halogenated alkanes) is 5. The molecule has 0 fully saturated rings. The number of carbonyl (C=O) groups excluding carboxylic acids is 2. The van der Waals surface area contributed by atoms with Gasteiger partial charge in [0, 0.05) is 6.42 Å². The molecule has 142 valence electrons. The molecule has 0 heterocycles. The summed E-state index contributed by atoms with van der Waals surface area (Å²) in [6.07, 6.45) is 3.98. The van der Waals surface area contributed by atoms with Gasteiger partial charge in [-0.15, -0.1) is 0 Å². The first kappa shape index (κ1) is 23.0. The van der Waals surface area contributed by atoms with Gasteiger partial charge in [-0.2, -0.15) is 0 Å². The van der Waals surface area contributed by atoms with Gasteiger partial charge in [-0.3, -0.25) is 4.79 Å². The number of aliphatic hydroxyl groups is 4. The minimum Gasteiger partial charge on any atom is -0.393 e. The Bertz CT molecular complexity index is 368. The predicted octanol–water partition coefficient (Wildman–Crippen LogP) is 1.26. The Morgan fingerprint density at radius 2 is 1.54 bits per heavy atom. The summed E-state index contributed by atoms with van der Waals surface area (Å²) in [5, 5.41) is 38.4. The van der Waals surface area contributed by atoms with Crippen molar-refractivity contribution in [3.8, 4) is 0 Å².